The van der Waals surface area contributed by atoms with E-state index >= 15 is 0 Å². The van der Waals surface area contributed by atoms with Gasteiger partial charge in [0.15, 0.2) is 12.4 Å². The van der Waals surface area contributed by atoms with Gasteiger partial charge in [-0.2, -0.15) is 5.10 Å². The summed E-state index contributed by atoms with van der Waals surface area (Å²) in [5, 5.41) is 6.89. The second kappa shape index (κ2) is 11.8. The Morgan fingerprint density at radius 3 is 2.86 bits per heavy atom. The molecule has 1 amide bonds. The number of nitrogens with zero attached hydrogens (tertiary/aromatic N) is 5. The van der Waals surface area contributed by atoms with Crippen molar-refractivity contribution in [2.75, 3.05) is 31.1 Å². The Balaban J connectivity index is 1.65. The number of ketones is 1. The average Bonchev–Trinajstić information content (AvgIpc) is 3.27. The molecule has 1 fully saturated rings. The van der Waals surface area contributed by atoms with Gasteiger partial charge in [-0.15, -0.1) is 0 Å². The first-order chi connectivity index (χ1) is 17.9. The first-order valence-corrected chi connectivity index (χ1v) is 12.5. The standard InChI is InChI=1S/C26H33N7O4/c1-3-5-13-32-24-20(30-26(32)31-12-8-9-18(27)15-31)14-29-33(25(24)36)16-21(34)19-10-6-7-11-22(19)37-17-23(35)28-4-2/h3,5-7,10-11,14,18H,4,8-9,12-13,15-17,27H2,1-2H3,(H,28,35)/b5-3+. The zero-order valence-electron chi connectivity index (χ0n) is 21.2. The van der Waals surface area contributed by atoms with Crippen molar-refractivity contribution in [1.82, 2.24) is 24.6 Å². The van der Waals surface area contributed by atoms with Crippen LogP contribution in [0.1, 0.15) is 37.0 Å². The van der Waals surface area contributed by atoms with Crippen molar-refractivity contribution in [2.45, 2.75) is 45.8 Å². The van der Waals surface area contributed by atoms with E-state index in [1.165, 1.54) is 6.20 Å². The molecule has 1 aromatic carbocycles. The molecule has 0 bridgehead atoms. The summed E-state index contributed by atoms with van der Waals surface area (Å²) in [4.78, 5) is 45.4. The second-order valence-electron chi connectivity index (χ2n) is 8.94. The molecule has 4 rings (SSSR count). The maximum Gasteiger partial charge on any atom is 0.293 e. The van der Waals surface area contributed by atoms with Crippen LogP contribution in [0.5, 0.6) is 5.75 Å². The number of anilines is 1. The van der Waals surface area contributed by atoms with Gasteiger partial charge in [-0.3, -0.25) is 14.4 Å². The summed E-state index contributed by atoms with van der Waals surface area (Å²) in [5.74, 6) is 0.306. The van der Waals surface area contributed by atoms with E-state index in [4.69, 9.17) is 15.5 Å². The summed E-state index contributed by atoms with van der Waals surface area (Å²) < 4.78 is 8.58. The van der Waals surface area contributed by atoms with Crippen LogP contribution in [-0.4, -0.2) is 63.3 Å². The van der Waals surface area contributed by atoms with Gasteiger partial charge in [0.05, 0.1) is 11.8 Å². The van der Waals surface area contributed by atoms with E-state index in [9.17, 15) is 14.4 Å². The van der Waals surface area contributed by atoms with Crippen LogP contribution < -0.4 is 26.2 Å². The fourth-order valence-corrected chi connectivity index (χ4v) is 4.44. The minimum atomic E-state index is -0.406. The number of fused-ring (bicyclic) bond motifs is 1. The van der Waals surface area contributed by atoms with Gasteiger partial charge in [-0.25, -0.2) is 9.67 Å². The number of amides is 1. The highest BCUT2D eigenvalue weighted by Crippen LogP contribution is 2.24. The Bertz CT molecular complexity index is 1360. The number of Topliss-reactive ketones (excluding diaryl/α,β-unsaturated/α-hetero) is 1. The number of ether oxygens (including phenoxy) is 1. The Hall–Kier alpha value is -3.99. The number of allylic oxidation sites excluding steroid dienone is 2. The number of piperidine rings is 1. The smallest absolute Gasteiger partial charge is 0.293 e. The molecule has 1 unspecified atom stereocenters. The lowest BCUT2D eigenvalue weighted by Gasteiger charge is -2.31. The molecule has 11 nitrogen and oxygen atoms in total. The second-order valence-corrected chi connectivity index (χ2v) is 8.94. The summed E-state index contributed by atoms with van der Waals surface area (Å²) in [6.45, 7) is 5.64. The van der Waals surface area contributed by atoms with Crippen molar-refractivity contribution in [3.8, 4) is 5.75 Å². The van der Waals surface area contributed by atoms with Gasteiger partial charge in [-0.1, -0.05) is 24.3 Å². The van der Waals surface area contributed by atoms with Crippen molar-refractivity contribution >= 4 is 28.7 Å². The molecule has 0 aliphatic carbocycles. The van der Waals surface area contributed by atoms with Crippen LogP contribution in [0.15, 0.2) is 47.4 Å². The summed E-state index contributed by atoms with van der Waals surface area (Å²) >= 11 is 0. The predicted molar refractivity (Wildman–Crippen MR) is 141 cm³/mol. The number of nitrogens with two attached hydrogens (primary N) is 1. The normalized spacial score (nSPS) is 15.9. The Labute approximate surface area is 214 Å². The van der Waals surface area contributed by atoms with E-state index in [0.717, 1.165) is 24.1 Å². The fourth-order valence-electron chi connectivity index (χ4n) is 4.44. The number of likely N-dealkylation sites (N-methyl/N-ethyl adjacent to an activating group) is 1. The lowest BCUT2D eigenvalue weighted by atomic mass is 10.1. The van der Waals surface area contributed by atoms with Gasteiger partial charge >= 0.3 is 0 Å². The van der Waals surface area contributed by atoms with E-state index < -0.39 is 5.56 Å². The molecule has 0 saturated carbocycles. The number of rotatable bonds is 10. The molecule has 0 spiro atoms. The summed E-state index contributed by atoms with van der Waals surface area (Å²) in [7, 11) is 0. The number of aromatic nitrogens is 4. The Kier molecular flexibility index (Phi) is 8.34. The third kappa shape index (κ3) is 5.88. The molecule has 3 aromatic rings. The van der Waals surface area contributed by atoms with Crippen LogP contribution in [0.4, 0.5) is 5.95 Å². The third-order valence-electron chi connectivity index (χ3n) is 6.21. The lowest BCUT2D eigenvalue weighted by molar-refractivity contribution is -0.123. The quantitative estimate of drug-likeness (QED) is 0.311. The number of nitrogens with one attached hydrogen (secondary N) is 1. The summed E-state index contributed by atoms with van der Waals surface area (Å²) in [6.07, 6.45) is 7.29. The number of benzene rings is 1. The van der Waals surface area contributed by atoms with Crippen molar-refractivity contribution in [3.05, 3.63) is 58.5 Å². The van der Waals surface area contributed by atoms with E-state index in [1.54, 1.807) is 24.3 Å². The summed E-state index contributed by atoms with van der Waals surface area (Å²) in [6, 6.07) is 6.69. The predicted octanol–water partition coefficient (Wildman–Crippen LogP) is 1.49. The highest BCUT2D eigenvalue weighted by atomic mass is 16.5. The molecule has 37 heavy (non-hydrogen) atoms. The van der Waals surface area contributed by atoms with E-state index in [2.05, 4.69) is 15.3 Å². The molecule has 1 aliphatic rings. The SMILES string of the molecule is C/C=C/Cn1c(N2CCCC(N)C2)nc2cnn(CC(=O)c3ccccc3OCC(=O)NCC)c(=O)c21. The largest absolute Gasteiger partial charge is 0.483 e. The highest BCUT2D eigenvalue weighted by Gasteiger charge is 2.25. The maximum atomic E-state index is 13.5. The van der Waals surface area contributed by atoms with Crippen molar-refractivity contribution in [2.24, 2.45) is 5.73 Å². The number of imidazole rings is 1. The van der Waals surface area contributed by atoms with Crippen molar-refractivity contribution in [3.63, 3.8) is 0 Å². The van der Waals surface area contributed by atoms with Crippen LogP contribution in [0.25, 0.3) is 11.0 Å². The molecule has 2 aromatic heterocycles. The molecule has 3 N–H and O–H groups in total. The van der Waals surface area contributed by atoms with Crippen LogP contribution >= 0.6 is 0 Å². The fraction of sp³-hybridized carbons (Fsp3) is 0.423. The Morgan fingerprint density at radius 2 is 2.11 bits per heavy atom. The molecule has 0 radical (unpaired) electrons. The summed E-state index contributed by atoms with van der Waals surface area (Å²) in [5.41, 5.74) is 6.91. The minimum absolute atomic E-state index is 0.0477. The molecule has 1 aliphatic heterocycles. The van der Waals surface area contributed by atoms with Gasteiger partial charge in [-0.05, 0) is 38.8 Å². The van der Waals surface area contributed by atoms with E-state index in [-0.39, 0.29) is 42.2 Å². The number of carbonyl (C=O) groups is 2. The molecular formula is C26H33N7O4. The first-order valence-electron chi connectivity index (χ1n) is 12.5. The highest BCUT2D eigenvalue weighted by molar-refractivity contribution is 5.98. The molecule has 196 valence electrons. The van der Waals surface area contributed by atoms with Crippen LogP contribution in [0.3, 0.4) is 0 Å². The number of carbonyl (C=O) groups excluding carboxylic acids is 2. The van der Waals surface area contributed by atoms with Crippen LogP contribution in [0, 0.1) is 0 Å². The molecule has 1 atom stereocenters. The molecule has 3 heterocycles. The van der Waals surface area contributed by atoms with Gasteiger partial charge in [0.25, 0.3) is 11.5 Å². The first kappa shape index (κ1) is 26.1. The number of hydrogen-bond acceptors (Lipinski definition) is 8. The zero-order valence-corrected chi connectivity index (χ0v) is 21.2. The third-order valence-corrected chi connectivity index (χ3v) is 6.21. The minimum Gasteiger partial charge on any atom is -0.483 e. The van der Waals surface area contributed by atoms with Crippen LogP contribution in [0.2, 0.25) is 0 Å². The van der Waals surface area contributed by atoms with Gasteiger partial charge in [0, 0.05) is 32.2 Å². The average molecular weight is 508 g/mol. The van der Waals surface area contributed by atoms with Gasteiger partial charge < -0.3 is 25.3 Å². The maximum absolute atomic E-state index is 13.5. The zero-order chi connectivity index (χ0) is 26.4. The number of hydrogen-bond donors (Lipinski definition) is 2. The van der Waals surface area contributed by atoms with Crippen molar-refractivity contribution < 1.29 is 14.3 Å². The van der Waals surface area contributed by atoms with Crippen molar-refractivity contribution in [1.29, 1.82) is 0 Å². The molecule has 1 saturated heterocycles. The lowest BCUT2D eigenvalue weighted by Crippen LogP contribution is -2.44. The van der Waals surface area contributed by atoms with Crippen LogP contribution in [-0.2, 0) is 17.9 Å². The number of para-hydroxylation sites is 1. The van der Waals surface area contributed by atoms with E-state index in [0.29, 0.717) is 36.6 Å². The van der Waals surface area contributed by atoms with Gasteiger partial charge in [0.1, 0.15) is 23.3 Å². The van der Waals surface area contributed by atoms with E-state index in [1.807, 2.05) is 30.6 Å². The molecule has 11 heteroatoms. The monoisotopic (exact) mass is 507 g/mol. The molecular weight excluding hydrogens is 474 g/mol. The Morgan fingerprint density at radius 1 is 1.30 bits per heavy atom. The van der Waals surface area contributed by atoms with Gasteiger partial charge in [0.2, 0.25) is 5.95 Å². The topological polar surface area (TPSA) is 137 Å².